The Bertz CT molecular complexity index is 1470. The summed E-state index contributed by atoms with van der Waals surface area (Å²) in [5.74, 6) is -3.17. The number of carboxylic acid groups (broad SMARTS) is 1. The minimum Gasteiger partial charge on any atom is -0.506 e. The lowest BCUT2D eigenvalue weighted by Gasteiger charge is -2.37. The molecule has 0 spiro atoms. The van der Waals surface area contributed by atoms with Crippen LogP contribution in [0.4, 0.5) is 24.5 Å². The third-order valence-electron chi connectivity index (χ3n) is 5.88. The fraction of sp³-hybridized carbons (Fsp3) is 0.217. The minimum absolute atomic E-state index is 0.0336. The Morgan fingerprint density at radius 2 is 1.89 bits per heavy atom. The molecule has 1 aromatic heterocycles. The smallest absolute Gasteiger partial charge is 0.416 e. The standard InChI is InChI=1S/C23H17F3N4O5/c1-27-13-7-14-19-15(8-13)29(2)16(11-3-5-12(6-4-11)23(24,25)26)10-30(19)22(35)18(20(14)33)21(34)28-9-17(31)32/h3-8,16,33H,9-10H2,2H3,(H,28,34)(H,31,32). The van der Waals surface area contributed by atoms with E-state index in [1.165, 1.54) is 28.8 Å². The number of pyridine rings is 1. The van der Waals surface area contributed by atoms with Crippen LogP contribution in [0.25, 0.3) is 15.7 Å². The van der Waals surface area contributed by atoms with Crippen molar-refractivity contribution in [2.45, 2.75) is 18.8 Å². The first-order valence-corrected chi connectivity index (χ1v) is 10.1. The van der Waals surface area contributed by atoms with E-state index in [2.05, 4.69) is 4.85 Å². The predicted molar refractivity (Wildman–Crippen MR) is 119 cm³/mol. The number of hydrogen-bond acceptors (Lipinski definition) is 5. The summed E-state index contributed by atoms with van der Waals surface area (Å²) in [5, 5.41) is 21.7. The summed E-state index contributed by atoms with van der Waals surface area (Å²) in [6, 6.07) is 6.56. The summed E-state index contributed by atoms with van der Waals surface area (Å²) in [4.78, 5) is 41.8. The first-order valence-electron chi connectivity index (χ1n) is 10.1. The highest BCUT2D eigenvalue weighted by atomic mass is 19.4. The van der Waals surface area contributed by atoms with Crippen molar-refractivity contribution in [3.63, 3.8) is 0 Å². The molecule has 0 aliphatic carbocycles. The molecule has 1 aliphatic heterocycles. The molecule has 180 valence electrons. The molecule has 3 N–H and O–H groups in total. The highest BCUT2D eigenvalue weighted by Crippen LogP contribution is 2.43. The molecule has 3 aromatic rings. The monoisotopic (exact) mass is 486 g/mol. The van der Waals surface area contributed by atoms with Crippen LogP contribution in [-0.2, 0) is 17.5 Å². The van der Waals surface area contributed by atoms with Crippen molar-refractivity contribution in [3.8, 4) is 5.75 Å². The lowest BCUT2D eigenvalue weighted by molar-refractivity contribution is -0.138. The first-order chi connectivity index (χ1) is 16.4. The zero-order valence-electron chi connectivity index (χ0n) is 18.1. The third-order valence-corrected chi connectivity index (χ3v) is 5.88. The molecule has 1 aliphatic rings. The number of anilines is 1. The van der Waals surface area contributed by atoms with Gasteiger partial charge >= 0.3 is 12.1 Å². The maximum Gasteiger partial charge on any atom is 0.416 e. The van der Waals surface area contributed by atoms with Gasteiger partial charge in [-0.15, -0.1) is 0 Å². The Morgan fingerprint density at radius 3 is 2.46 bits per heavy atom. The van der Waals surface area contributed by atoms with E-state index in [-0.39, 0.29) is 23.1 Å². The molecule has 1 atom stereocenters. The number of carbonyl (C=O) groups excluding carboxylic acids is 1. The van der Waals surface area contributed by atoms with Gasteiger partial charge in [0.2, 0.25) is 0 Å². The van der Waals surface area contributed by atoms with E-state index in [4.69, 9.17) is 11.7 Å². The van der Waals surface area contributed by atoms with Gasteiger partial charge in [-0.25, -0.2) is 4.85 Å². The first kappa shape index (κ1) is 23.6. The summed E-state index contributed by atoms with van der Waals surface area (Å²) in [5.41, 5.74) is -1.30. The highest BCUT2D eigenvalue weighted by Gasteiger charge is 2.34. The number of carboxylic acids is 1. The zero-order valence-corrected chi connectivity index (χ0v) is 18.1. The van der Waals surface area contributed by atoms with Crippen LogP contribution in [0.3, 0.4) is 0 Å². The lowest BCUT2D eigenvalue weighted by atomic mass is 9.97. The quantitative estimate of drug-likeness (QED) is 0.488. The number of nitrogens with one attached hydrogen (secondary N) is 1. The summed E-state index contributed by atoms with van der Waals surface area (Å²) in [6.07, 6.45) is -4.52. The van der Waals surface area contributed by atoms with E-state index in [9.17, 15) is 32.7 Å². The number of amides is 1. The lowest BCUT2D eigenvalue weighted by Crippen LogP contribution is -2.40. The van der Waals surface area contributed by atoms with Crippen LogP contribution in [-0.4, -0.2) is 40.2 Å². The number of carbonyl (C=O) groups is 2. The number of alkyl halides is 3. The predicted octanol–water partition coefficient (Wildman–Crippen LogP) is 3.28. The summed E-state index contributed by atoms with van der Waals surface area (Å²) < 4.78 is 40.2. The molecule has 35 heavy (non-hydrogen) atoms. The molecule has 0 radical (unpaired) electrons. The number of halogens is 3. The normalized spacial score (nSPS) is 15.1. The molecule has 1 amide bonds. The van der Waals surface area contributed by atoms with Crippen molar-refractivity contribution in [2.24, 2.45) is 0 Å². The van der Waals surface area contributed by atoms with E-state index in [0.29, 0.717) is 11.3 Å². The fourth-order valence-corrected chi connectivity index (χ4v) is 4.18. The Labute approximate surface area is 195 Å². The van der Waals surface area contributed by atoms with Crippen molar-refractivity contribution in [1.29, 1.82) is 0 Å². The molecule has 9 nitrogen and oxygen atoms in total. The maximum atomic E-state index is 13.3. The van der Waals surface area contributed by atoms with E-state index in [1.54, 1.807) is 11.9 Å². The minimum atomic E-state index is -4.52. The molecule has 0 saturated heterocycles. The van der Waals surface area contributed by atoms with Gasteiger partial charge < -0.3 is 25.0 Å². The Morgan fingerprint density at radius 1 is 1.23 bits per heavy atom. The van der Waals surface area contributed by atoms with Crippen molar-refractivity contribution < 1.29 is 33.0 Å². The molecule has 0 fully saturated rings. The number of benzene rings is 2. The SMILES string of the molecule is [C-]#[N+]c1cc2c3c(c1)c(O)c(C(=O)NCC(=O)O)c(=O)n3CC(c1ccc(C(F)(F)F)cc1)N2C. The van der Waals surface area contributed by atoms with Crippen LogP contribution in [0.2, 0.25) is 0 Å². The van der Waals surface area contributed by atoms with E-state index < -0.39 is 53.1 Å². The van der Waals surface area contributed by atoms with Crippen molar-refractivity contribution >= 4 is 34.2 Å². The Hall–Kier alpha value is -4.53. The van der Waals surface area contributed by atoms with Gasteiger partial charge in [0.05, 0.1) is 35.9 Å². The van der Waals surface area contributed by atoms with Crippen molar-refractivity contribution in [3.05, 3.63) is 74.9 Å². The van der Waals surface area contributed by atoms with Gasteiger partial charge in [0.1, 0.15) is 17.9 Å². The summed E-state index contributed by atoms with van der Waals surface area (Å²) in [7, 11) is 1.64. The van der Waals surface area contributed by atoms with Crippen LogP contribution in [0.15, 0.2) is 41.2 Å². The average Bonchev–Trinajstić information content (AvgIpc) is 2.81. The van der Waals surface area contributed by atoms with Crippen LogP contribution >= 0.6 is 0 Å². The van der Waals surface area contributed by atoms with Crippen molar-refractivity contribution in [2.75, 3.05) is 18.5 Å². The number of hydrogen-bond donors (Lipinski definition) is 3. The fourth-order valence-electron chi connectivity index (χ4n) is 4.18. The molecule has 12 heteroatoms. The topological polar surface area (TPSA) is 116 Å². The largest absolute Gasteiger partial charge is 0.506 e. The second kappa shape index (κ2) is 8.35. The second-order valence-electron chi connectivity index (χ2n) is 7.94. The van der Waals surface area contributed by atoms with Crippen LogP contribution in [0.5, 0.6) is 5.75 Å². The number of aromatic hydroxyl groups is 1. The molecule has 2 heterocycles. The molecule has 0 saturated carbocycles. The number of aromatic nitrogens is 1. The molecule has 4 rings (SSSR count). The van der Waals surface area contributed by atoms with Gasteiger partial charge in [-0.3, -0.25) is 14.4 Å². The zero-order chi connectivity index (χ0) is 25.7. The maximum absolute atomic E-state index is 13.3. The van der Waals surface area contributed by atoms with E-state index in [1.807, 2.05) is 5.32 Å². The van der Waals surface area contributed by atoms with Crippen LogP contribution in [0, 0.1) is 6.57 Å². The van der Waals surface area contributed by atoms with Gasteiger partial charge in [0, 0.05) is 12.4 Å². The molecule has 1 unspecified atom stereocenters. The van der Waals surface area contributed by atoms with Gasteiger partial charge in [-0.05, 0) is 29.8 Å². The van der Waals surface area contributed by atoms with Crippen molar-refractivity contribution in [1.82, 2.24) is 9.88 Å². The summed E-state index contributed by atoms with van der Waals surface area (Å²) in [6.45, 7) is 6.52. The number of rotatable bonds is 4. The van der Waals surface area contributed by atoms with Gasteiger partial charge in [0.15, 0.2) is 5.69 Å². The van der Waals surface area contributed by atoms with E-state index in [0.717, 1.165) is 12.1 Å². The van der Waals surface area contributed by atoms with Crippen LogP contribution < -0.4 is 15.8 Å². The number of aliphatic carboxylic acids is 1. The molecular formula is C23H17F3N4O5. The number of likely N-dealkylation sites (N-methyl/N-ethyl adjacent to an activating group) is 1. The average molecular weight is 486 g/mol. The van der Waals surface area contributed by atoms with Gasteiger partial charge in [-0.1, -0.05) is 12.1 Å². The van der Waals surface area contributed by atoms with Gasteiger partial charge in [-0.2, -0.15) is 13.2 Å². The Balaban J connectivity index is 1.92. The molecule has 2 aromatic carbocycles. The highest BCUT2D eigenvalue weighted by molar-refractivity contribution is 6.07. The third kappa shape index (κ3) is 4.01. The second-order valence-corrected chi connectivity index (χ2v) is 7.94. The van der Waals surface area contributed by atoms with Crippen LogP contribution in [0.1, 0.15) is 27.5 Å². The molecule has 0 bridgehead atoms. The molecular weight excluding hydrogens is 469 g/mol. The number of nitrogens with zero attached hydrogens (tertiary/aromatic N) is 3. The van der Waals surface area contributed by atoms with Gasteiger partial charge in [0.25, 0.3) is 11.5 Å². The Kier molecular flexibility index (Phi) is 5.64. The van der Waals surface area contributed by atoms with E-state index >= 15 is 0 Å². The summed E-state index contributed by atoms with van der Waals surface area (Å²) >= 11 is 0.